The van der Waals surface area contributed by atoms with Crippen LogP contribution in [0.25, 0.3) is 0 Å². The lowest BCUT2D eigenvalue weighted by molar-refractivity contribution is 0.0713. The first kappa shape index (κ1) is 13.2. The standard InChI is InChI=1S/C15H21ClN2O/c16-14-5-1-2-6-15(14)18-9-7-17(8-10-18)12-13-4-3-11-19-13/h1-2,5-6,13H,3-4,7-12H2. The van der Waals surface area contributed by atoms with E-state index in [1.54, 1.807) is 0 Å². The minimum atomic E-state index is 0.465. The Kier molecular flexibility index (Phi) is 4.26. The van der Waals surface area contributed by atoms with Gasteiger partial charge in [0.15, 0.2) is 0 Å². The van der Waals surface area contributed by atoms with Gasteiger partial charge in [-0.15, -0.1) is 0 Å². The van der Waals surface area contributed by atoms with Crippen molar-refractivity contribution in [1.29, 1.82) is 0 Å². The Morgan fingerprint density at radius 3 is 2.63 bits per heavy atom. The maximum absolute atomic E-state index is 6.26. The highest BCUT2D eigenvalue weighted by molar-refractivity contribution is 6.33. The lowest BCUT2D eigenvalue weighted by Gasteiger charge is -2.37. The number of nitrogens with zero attached hydrogens (tertiary/aromatic N) is 2. The molecule has 1 aromatic rings. The fourth-order valence-corrected chi connectivity index (χ4v) is 3.21. The molecule has 0 bridgehead atoms. The summed E-state index contributed by atoms with van der Waals surface area (Å²) >= 11 is 6.26. The molecule has 4 heteroatoms. The molecule has 0 spiro atoms. The predicted molar refractivity (Wildman–Crippen MR) is 79.1 cm³/mol. The van der Waals surface area contributed by atoms with Crippen molar-refractivity contribution in [3.05, 3.63) is 29.3 Å². The first-order valence-electron chi connectivity index (χ1n) is 7.16. The molecule has 3 rings (SSSR count). The lowest BCUT2D eigenvalue weighted by Crippen LogP contribution is -2.48. The monoisotopic (exact) mass is 280 g/mol. The molecular formula is C15H21ClN2O. The summed E-state index contributed by atoms with van der Waals surface area (Å²) in [4.78, 5) is 4.90. The number of benzene rings is 1. The van der Waals surface area contributed by atoms with Crippen molar-refractivity contribution in [1.82, 2.24) is 4.90 Å². The third-order valence-corrected chi connectivity index (χ3v) is 4.37. The van der Waals surface area contributed by atoms with Crippen LogP contribution in [0.5, 0.6) is 0 Å². The zero-order chi connectivity index (χ0) is 13.1. The van der Waals surface area contributed by atoms with Crippen molar-refractivity contribution >= 4 is 17.3 Å². The van der Waals surface area contributed by atoms with Gasteiger partial charge in [-0.3, -0.25) is 4.90 Å². The van der Waals surface area contributed by atoms with Crippen molar-refractivity contribution in [2.24, 2.45) is 0 Å². The van der Waals surface area contributed by atoms with Crippen LogP contribution in [0.2, 0.25) is 5.02 Å². The zero-order valence-electron chi connectivity index (χ0n) is 11.2. The maximum Gasteiger partial charge on any atom is 0.0702 e. The summed E-state index contributed by atoms with van der Waals surface area (Å²) < 4.78 is 5.71. The van der Waals surface area contributed by atoms with E-state index >= 15 is 0 Å². The maximum atomic E-state index is 6.26. The van der Waals surface area contributed by atoms with Crippen molar-refractivity contribution in [2.45, 2.75) is 18.9 Å². The minimum absolute atomic E-state index is 0.465. The molecule has 0 radical (unpaired) electrons. The Morgan fingerprint density at radius 1 is 1.16 bits per heavy atom. The van der Waals surface area contributed by atoms with Crippen molar-refractivity contribution in [3.8, 4) is 0 Å². The molecule has 1 aromatic carbocycles. The molecule has 2 fully saturated rings. The molecule has 104 valence electrons. The van der Waals surface area contributed by atoms with E-state index in [1.165, 1.54) is 18.5 Å². The second-order valence-electron chi connectivity index (χ2n) is 5.37. The summed E-state index contributed by atoms with van der Waals surface area (Å²) in [6, 6.07) is 8.12. The Bertz CT molecular complexity index is 412. The predicted octanol–water partition coefficient (Wildman–Crippen LogP) is 2.64. The number of piperazine rings is 1. The number of para-hydroxylation sites is 1. The summed E-state index contributed by atoms with van der Waals surface area (Å²) in [5.74, 6) is 0. The molecule has 19 heavy (non-hydrogen) atoms. The number of anilines is 1. The highest BCUT2D eigenvalue weighted by Gasteiger charge is 2.23. The van der Waals surface area contributed by atoms with Crippen molar-refractivity contribution in [2.75, 3.05) is 44.2 Å². The first-order chi connectivity index (χ1) is 9.33. The Labute approximate surface area is 120 Å². The number of hydrogen-bond donors (Lipinski definition) is 0. The lowest BCUT2D eigenvalue weighted by atomic mass is 10.2. The van der Waals surface area contributed by atoms with Crippen LogP contribution < -0.4 is 4.90 Å². The molecule has 0 aliphatic carbocycles. The van der Waals surface area contributed by atoms with Gasteiger partial charge in [0.05, 0.1) is 16.8 Å². The number of ether oxygens (including phenoxy) is 1. The third kappa shape index (κ3) is 3.22. The van der Waals surface area contributed by atoms with E-state index in [1.807, 2.05) is 12.1 Å². The van der Waals surface area contributed by atoms with Crippen LogP contribution >= 0.6 is 11.6 Å². The van der Waals surface area contributed by atoms with Gasteiger partial charge < -0.3 is 9.64 Å². The second kappa shape index (κ2) is 6.12. The highest BCUT2D eigenvalue weighted by Crippen LogP contribution is 2.26. The first-order valence-corrected chi connectivity index (χ1v) is 7.54. The molecular weight excluding hydrogens is 260 g/mol. The average molecular weight is 281 g/mol. The van der Waals surface area contributed by atoms with E-state index in [-0.39, 0.29) is 0 Å². The fraction of sp³-hybridized carbons (Fsp3) is 0.600. The van der Waals surface area contributed by atoms with Gasteiger partial charge in [-0.25, -0.2) is 0 Å². The summed E-state index contributed by atoms with van der Waals surface area (Å²) in [5.41, 5.74) is 1.17. The van der Waals surface area contributed by atoms with Crippen LogP contribution in [0, 0.1) is 0 Å². The van der Waals surface area contributed by atoms with Crippen LogP contribution in [0.4, 0.5) is 5.69 Å². The number of rotatable bonds is 3. The average Bonchev–Trinajstić information content (AvgIpc) is 2.93. The van der Waals surface area contributed by atoms with Gasteiger partial charge in [0.1, 0.15) is 0 Å². The van der Waals surface area contributed by atoms with Crippen LogP contribution in [-0.2, 0) is 4.74 Å². The van der Waals surface area contributed by atoms with Gasteiger partial charge in [0.2, 0.25) is 0 Å². The van der Waals surface area contributed by atoms with Crippen molar-refractivity contribution < 1.29 is 4.74 Å². The Hall–Kier alpha value is -0.770. The van der Waals surface area contributed by atoms with Crippen LogP contribution in [0.3, 0.4) is 0 Å². The van der Waals surface area contributed by atoms with E-state index in [0.717, 1.165) is 44.4 Å². The molecule has 0 amide bonds. The number of hydrogen-bond acceptors (Lipinski definition) is 3. The molecule has 3 nitrogen and oxygen atoms in total. The molecule has 1 unspecified atom stereocenters. The highest BCUT2D eigenvalue weighted by atomic mass is 35.5. The third-order valence-electron chi connectivity index (χ3n) is 4.05. The molecule has 0 saturated carbocycles. The molecule has 2 aliphatic rings. The van der Waals surface area contributed by atoms with Crippen LogP contribution in [0.1, 0.15) is 12.8 Å². The summed E-state index contributed by atoms with van der Waals surface area (Å²) in [7, 11) is 0. The van der Waals surface area contributed by atoms with E-state index in [0.29, 0.717) is 6.10 Å². The molecule has 0 N–H and O–H groups in total. The molecule has 0 aromatic heterocycles. The smallest absolute Gasteiger partial charge is 0.0702 e. The van der Waals surface area contributed by atoms with Crippen LogP contribution in [-0.4, -0.2) is 50.3 Å². The van der Waals surface area contributed by atoms with Gasteiger partial charge in [-0.1, -0.05) is 23.7 Å². The van der Waals surface area contributed by atoms with Crippen LogP contribution in [0.15, 0.2) is 24.3 Å². The quantitative estimate of drug-likeness (QED) is 0.847. The topological polar surface area (TPSA) is 15.7 Å². The van der Waals surface area contributed by atoms with Gasteiger partial charge in [0.25, 0.3) is 0 Å². The van der Waals surface area contributed by atoms with E-state index in [9.17, 15) is 0 Å². The molecule has 2 heterocycles. The van der Waals surface area contributed by atoms with Crippen molar-refractivity contribution in [3.63, 3.8) is 0 Å². The number of halogens is 1. The van der Waals surface area contributed by atoms with Gasteiger partial charge in [-0.05, 0) is 25.0 Å². The van der Waals surface area contributed by atoms with E-state index in [2.05, 4.69) is 21.9 Å². The van der Waals surface area contributed by atoms with E-state index < -0.39 is 0 Å². The molecule has 1 atom stereocenters. The second-order valence-corrected chi connectivity index (χ2v) is 5.78. The minimum Gasteiger partial charge on any atom is -0.377 e. The summed E-state index contributed by atoms with van der Waals surface area (Å²) in [5, 5.41) is 0.857. The SMILES string of the molecule is Clc1ccccc1N1CCN(CC2CCCO2)CC1. The zero-order valence-corrected chi connectivity index (χ0v) is 12.0. The van der Waals surface area contributed by atoms with Gasteiger partial charge in [0, 0.05) is 39.3 Å². The molecule has 2 saturated heterocycles. The molecule has 2 aliphatic heterocycles. The largest absolute Gasteiger partial charge is 0.377 e. The summed E-state index contributed by atoms with van der Waals surface area (Å²) in [6.07, 6.45) is 2.92. The normalized spacial score (nSPS) is 24.9. The fourth-order valence-electron chi connectivity index (χ4n) is 2.96. The Morgan fingerprint density at radius 2 is 1.95 bits per heavy atom. The summed E-state index contributed by atoms with van der Waals surface area (Å²) in [6.45, 7) is 6.35. The van der Waals surface area contributed by atoms with E-state index in [4.69, 9.17) is 16.3 Å². The van der Waals surface area contributed by atoms with Gasteiger partial charge in [-0.2, -0.15) is 0 Å². The Balaban J connectivity index is 1.53. The van der Waals surface area contributed by atoms with Gasteiger partial charge >= 0.3 is 0 Å².